The zero-order valence-corrected chi connectivity index (χ0v) is 30.4. The topological polar surface area (TPSA) is 95.0 Å². The summed E-state index contributed by atoms with van der Waals surface area (Å²) in [5.74, 6) is -9.47. The molecule has 0 aromatic heterocycles. The molecule has 4 aromatic rings. The van der Waals surface area contributed by atoms with Gasteiger partial charge in [0.15, 0.2) is 0 Å². The second-order valence-corrected chi connectivity index (χ2v) is 15.4. The third-order valence-electron chi connectivity index (χ3n) is 11.3. The van der Waals surface area contributed by atoms with Gasteiger partial charge in [-0.25, -0.2) is 9.80 Å². The molecule has 4 aliphatic rings. The van der Waals surface area contributed by atoms with Gasteiger partial charge in [-0.2, -0.15) is 26.3 Å². The van der Waals surface area contributed by atoms with E-state index in [9.17, 15) is 45.8 Å². The van der Waals surface area contributed by atoms with Crippen LogP contribution in [-0.4, -0.2) is 28.7 Å². The van der Waals surface area contributed by atoms with Gasteiger partial charge in [0, 0.05) is 21.0 Å². The number of hydrogen-bond donors (Lipinski definition) is 1. The Bertz CT molecular complexity index is 2320. The Morgan fingerprint density at radius 1 is 0.727 bits per heavy atom. The third-order valence-corrected chi connectivity index (χ3v) is 12.0. The molecule has 2 aliphatic heterocycles. The standard InChI is InChI=1S/C40H26BrClF6N2O5/c41-22-9-12-31(51)29(16-22)33-26-10-11-27-32(36(54)49(34(27)52)25-14-20(39(43,44)45)13-21(15-25)40(46,47)48)28(26)18-30-35(53)50(24-8-4-7-23(42)17-24)37(55)38(30,33)19-5-2-1-3-6-19/h1-10,12-17,27-28,30,32-33,51H,11,18H2/t27-,28+,30-,32-,33+,38+/m0/s1. The number of aromatic hydroxyl groups is 1. The van der Waals surface area contributed by atoms with Crippen LogP contribution in [0.15, 0.2) is 107 Å². The first-order valence-electron chi connectivity index (χ1n) is 17.0. The first-order chi connectivity index (χ1) is 25.9. The second kappa shape index (κ2) is 12.8. The van der Waals surface area contributed by atoms with Crippen molar-refractivity contribution in [3.05, 3.63) is 134 Å². The summed E-state index contributed by atoms with van der Waals surface area (Å²) in [7, 11) is 0. The molecular weight excluding hydrogens is 818 g/mol. The predicted molar refractivity (Wildman–Crippen MR) is 191 cm³/mol. The summed E-state index contributed by atoms with van der Waals surface area (Å²) in [5, 5.41) is 11.7. The Morgan fingerprint density at radius 3 is 2.04 bits per heavy atom. The number of amides is 4. The number of nitrogens with zero attached hydrogens (tertiary/aromatic N) is 2. The molecule has 1 saturated carbocycles. The van der Waals surface area contributed by atoms with Crippen molar-refractivity contribution < 1.29 is 50.6 Å². The third kappa shape index (κ3) is 5.62. The van der Waals surface area contributed by atoms with Crippen LogP contribution in [0.4, 0.5) is 37.7 Å². The number of anilines is 2. The smallest absolute Gasteiger partial charge is 0.416 e. The lowest BCUT2D eigenvalue weighted by Gasteiger charge is -2.50. The molecule has 282 valence electrons. The molecule has 8 rings (SSSR count). The minimum Gasteiger partial charge on any atom is -0.508 e. The van der Waals surface area contributed by atoms with Crippen molar-refractivity contribution in [2.75, 3.05) is 9.80 Å². The van der Waals surface area contributed by atoms with E-state index in [4.69, 9.17) is 11.6 Å². The molecule has 0 unspecified atom stereocenters. The van der Waals surface area contributed by atoms with Gasteiger partial charge in [-0.1, -0.05) is 75.6 Å². The maximum atomic E-state index is 15.3. The van der Waals surface area contributed by atoms with Crippen molar-refractivity contribution in [2.45, 2.75) is 36.5 Å². The van der Waals surface area contributed by atoms with Gasteiger partial charge >= 0.3 is 12.4 Å². The molecule has 55 heavy (non-hydrogen) atoms. The molecule has 4 amide bonds. The Kier molecular flexibility index (Phi) is 8.61. The second-order valence-electron chi connectivity index (χ2n) is 14.1. The van der Waals surface area contributed by atoms with E-state index in [-0.39, 0.29) is 40.9 Å². The van der Waals surface area contributed by atoms with E-state index in [2.05, 4.69) is 15.9 Å². The number of rotatable bonds is 4. The summed E-state index contributed by atoms with van der Waals surface area (Å²) in [6, 6.07) is 19.7. The molecule has 15 heteroatoms. The zero-order chi connectivity index (χ0) is 39.4. The van der Waals surface area contributed by atoms with Crippen molar-refractivity contribution in [1.82, 2.24) is 0 Å². The fraction of sp³-hybridized carbons (Fsp3) is 0.250. The summed E-state index contributed by atoms with van der Waals surface area (Å²) in [6.07, 6.45) is -9.19. The van der Waals surface area contributed by atoms with Crippen molar-refractivity contribution in [3.8, 4) is 5.75 Å². The molecule has 0 spiro atoms. The summed E-state index contributed by atoms with van der Waals surface area (Å²) in [4.78, 5) is 60.0. The molecule has 6 atom stereocenters. The molecule has 0 bridgehead atoms. The van der Waals surface area contributed by atoms with E-state index in [1.54, 1.807) is 60.7 Å². The van der Waals surface area contributed by atoms with Gasteiger partial charge < -0.3 is 5.11 Å². The molecule has 1 N–H and O–H groups in total. The summed E-state index contributed by atoms with van der Waals surface area (Å²) in [6.45, 7) is 0. The number of fused-ring (bicyclic) bond motifs is 4. The Hall–Kier alpha value is -4.95. The highest BCUT2D eigenvalue weighted by Gasteiger charge is 2.70. The van der Waals surface area contributed by atoms with Crippen molar-refractivity contribution in [3.63, 3.8) is 0 Å². The van der Waals surface area contributed by atoms with Gasteiger partial charge in [0.25, 0.3) is 0 Å². The average molecular weight is 844 g/mol. The highest BCUT2D eigenvalue weighted by molar-refractivity contribution is 9.10. The molecule has 3 fully saturated rings. The van der Waals surface area contributed by atoms with Crippen LogP contribution in [-0.2, 0) is 36.9 Å². The van der Waals surface area contributed by atoms with Gasteiger partial charge in [0.1, 0.15) is 5.75 Å². The molecule has 2 saturated heterocycles. The molecule has 0 radical (unpaired) electrons. The van der Waals surface area contributed by atoms with E-state index in [1.807, 2.05) is 0 Å². The number of halogens is 8. The van der Waals surface area contributed by atoms with Crippen LogP contribution >= 0.6 is 27.5 Å². The van der Waals surface area contributed by atoms with Crippen LogP contribution in [0, 0.1) is 23.7 Å². The van der Waals surface area contributed by atoms with Crippen molar-refractivity contribution in [1.29, 1.82) is 0 Å². The van der Waals surface area contributed by atoms with E-state index < -0.39 is 87.8 Å². The van der Waals surface area contributed by atoms with E-state index in [0.717, 1.165) is 4.90 Å². The van der Waals surface area contributed by atoms with Crippen LogP contribution in [0.3, 0.4) is 0 Å². The van der Waals surface area contributed by atoms with E-state index in [0.29, 0.717) is 32.6 Å². The highest BCUT2D eigenvalue weighted by Crippen LogP contribution is 2.65. The lowest BCUT2D eigenvalue weighted by Crippen LogP contribution is -2.53. The largest absolute Gasteiger partial charge is 0.508 e. The quantitative estimate of drug-likeness (QED) is 0.126. The first-order valence-corrected chi connectivity index (χ1v) is 18.2. The van der Waals surface area contributed by atoms with Gasteiger partial charge in [0.05, 0.1) is 45.7 Å². The Labute approximate surface area is 322 Å². The minimum absolute atomic E-state index is 0.0883. The number of benzene rings is 4. The van der Waals surface area contributed by atoms with Gasteiger partial charge in [-0.3, -0.25) is 19.2 Å². The molecule has 7 nitrogen and oxygen atoms in total. The SMILES string of the molecule is O=C1[C@H]2[C@H](CC=C3[C@H]2C[C@H]2C(=O)N(c4cccc(Cl)c4)C(=O)[C@@]2(c2ccccc2)[C@H]3c2cc(Br)ccc2O)C(=O)N1c1cc(C(F)(F)F)cc(C(F)(F)F)c1. The van der Waals surface area contributed by atoms with E-state index >= 15 is 4.79 Å². The normalized spacial score (nSPS) is 26.5. The van der Waals surface area contributed by atoms with E-state index in [1.165, 1.54) is 18.2 Å². The lowest BCUT2D eigenvalue weighted by atomic mass is 9.49. The van der Waals surface area contributed by atoms with Gasteiger partial charge in [0.2, 0.25) is 23.6 Å². The average Bonchev–Trinajstić information content (AvgIpc) is 3.52. The maximum Gasteiger partial charge on any atom is 0.416 e. The molecule has 2 heterocycles. The first kappa shape index (κ1) is 37.0. The Balaban J connectivity index is 1.33. The number of carbonyl (C=O) groups is 4. The number of phenols is 1. The Morgan fingerprint density at radius 2 is 1.40 bits per heavy atom. The van der Waals surface area contributed by atoms with Gasteiger partial charge in [-0.15, -0.1) is 0 Å². The van der Waals surface area contributed by atoms with Crippen molar-refractivity contribution in [2.24, 2.45) is 23.7 Å². The van der Waals surface area contributed by atoms with Crippen LogP contribution in [0.5, 0.6) is 5.75 Å². The van der Waals surface area contributed by atoms with Crippen LogP contribution in [0.2, 0.25) is 5.02 Å². The molecule has 4 aromatic carbocycles. The van der Waals surface area contributed by atoms with Gasteiger partial charge in [-0.05, 0) is 78.9 Å². The molecular formula is C40H26BrClF6N2O5. The summed E-state index contributed by atoms with van der Waals surface area (Å²) < 4.78 is 83.8. The maximum absolute atomic E-state index is 15.3. The monoisotopic (exact) mass is 842 g/mol. The van der Waals surface area contributed by atoms with Crippen LogP contribution < -0.4 is 9.80 Å². The number of imide groups is 2. The molecule has 2 aliphatic carbocycles. The highest BCUT2D eigenvalue weighted by atomic mass is 79.9. The fourth-order valence-corrected chi connectivity index (χ4v) is 9.73. The van der Waals surface area contributed by atoms with Crippen molar-refractivity contribution >= 4 is 62.5 Å². The lowest BCUT2D eigenvalue weighted by molar-refractivity contribution is -0.143. The minimum atomic E-state index is -5.24. The van der Waals surface area contributed by atoms with Crippen LogP contribution in [0.25, 0.3) is 0 Å². The van der Waals surface area contributed by atoms with Crippen LogP contribution in [0.1, 0.15) is 41.0 Å². The summed E-state index contributed by atoms with van der Waals surface area (Å²) >= 11 is 9.76. The number of hydrogen-bond acceptors (Lipinski definition) is 5. The predicted octanol–water partition coefficient (Wildman–Crippen LogP) is 9.21. The fourth-order valence-electron chi connectivity index (χ4n) is 9.17. The summed E-state index contributed by atoms with van der Waals surface area (Å²) in [5.41, 5.74) is -4.78. The number of phenolic OH excluding ortho intramolecular Hbond substituents is 1. The number of alkyl halides is 6. The number of allylic oxidation sites excluding steroid dienone is 2. The number of carbonyl (C=O) groups excluding carboxylic acids is 4. The zero-order valence-electron chi connectivity index (χ0n) is 28.0.